The minimum absolute atomic E-state index is 0.0955. The third-order valence-electron chi connectivity index (χ3n) is 3.60. The Bertz CT molecular complexity index is 798. The summed E-state index contributed by atoms with van der Waals surface area (Å²) in [5, 5.41) is 4.48. The van der Waals surface area contributed by atoms with Gasteiger partial charge < -0.3 is 0 Å². The molecule has 7 heteroatoms. The lowest BCUT2D eigenvalue weighted by atomic mass is 10.1. The van der Waals surface area contributed by atoms with Crippen molar-refractivity contribution in [1.29, 1.82) is 0 Å². The number of nitrogens with zero attached hydrogens (tertiary/aromatic N) is 2. The molecule has 1 aromatic heterocycles. The topological polar surface area (TPSA) is 69.0 Å². The Labute approximate surface area is 136 Å². The molecule has 1 aliphatic heterocycles. The molecule has 0 radical (unpaired) electrons. The molecule has 0 aliphatic carbocycles. The number of aldehydes is 1. The second-order valence-corrected chi connectivity index (χ2v) is 8.46. The first-order chi connectivity index (χ1) is 10.00. The summed E-state index contributed by atoms with van der Waals surface area (Å²) in [6, 6.07) is 7.50. The number of rotatable bonds is 3. The molecule has 2 aromatic rings. The van der Waals surface area contributed by atoms with Gasteiger partial charge in [0.15, 0.2) is 16.1 Å². The molecule has 1 unspecified atom stereocenters. The van der Waals surface area contributed by atoms with Crippen LogP contribution in [0.25, 0.3) is 11.3 Å². The van der Waals surface area contributed by atoms with E-state index in [9.17, 15) is 13.2 Å². The van der Waals surface area contributed by atoms with Crippen LogP contribution < -0.4 is 0 Å². The normalized spacial score (nSPS) is 20.5. The molecular weight excluding hydrogens is 403 g/mol. The molecule has 21 heavy (non-hydrogen) atoms. The second kappa shape index (κ2) is 5.53. The Morgan fingerprint density at radius 3 is 2.71 bits per heavy atom. The molecule has 1 saturated heterocycles. The molecular formula is C14H13IN2O3S. The zero-order valence-corrected chi connectivity index (χ0v) is 14.0. The first-order valence-corrected chi connectivity index (χ1v) is 9.40. The SMILES string of the molecule is O=Cc1cn(C2CCS(=O)(=O)C2)nc1-c1ccccc1I. The van der Waals surface area contributed by atoms with Crippen LogP contribution in [0.4, 0.5) is 0 Å². The van der Waals surface area contributed by atoms with Crippen molar-refractivity contribution in [1.82, 2.24) is 9.78 Å². The number of halogens is 1. The molecule has 2 heterocycles. The van der Waals surface area contributed by atoms with Gasteiger partial charge in [-0.15, -0.1) is 0 Å². The average molecular weight is 416 g/mol. The van der Waals surface area contributed by atoms with E-state index >= 15 is 0 Å². The summed E-state index contributed by atoms with van der Waals surface area (Å²) < 4.78 is 25.8. The van der Waals surface area contributed by atoms with Crippen molar-refractivity contribution >= 4 is 38.7 Å². The molecule has 1 aliphatic rings. The summed E-state index contributed by atoms with van der Waals surface area (Å²) in [6.07, 6.45) is 2.97. The molecule has 0 bridgehead atoms. The van der Waals surface area contributed by atoms with E-state index in [1.54, 1.807) is 10.9 Å². The van der Waals surface area contributed by atoms with E-state index in [2.05, 4.69) is 27.7 Å². The fourth-order valence-corrected chi connectivity index (χ4v) is 4.87. The molecule has 110 valence electrons. The highest BCUT2D eigenvalue weighted by atomic mass is 127. The van der Waals surface area contributed by atoms with Gasteiger partial charge in [-0.3, -0.25) is 9.48 Å². The highest BCUT2D eigenvalue weighted by Gasteiger charge is 2.30. The maximum Gasteiger partial charge on any atom is 0.153 e. The van der Waals surface area contributed by atoms with Gasteiger partial charge in [0, 0.05) is 15.3 Å². The molecule has 1 aromatic carbocycles. The molecule has 0 spiro atoms. The van der Waals surface area contributed by atoms with Crippen LogP contribution in [0.15, 0.2) is 30.5 Å². The van der Waals surface area contributed by atoms with Crippen LogP contribution >= 0.6 is 22.6 Å². The predicted molar refractivity (Wildman–Crippen MR) is 88.1 cm³/mol. The smallest absolute Gasteiger partial charge is 0.153 e. The van der Waals surface area contributed by atoms with E-state index in [4.69, 9.17) is 0 Å². The molecule has 0 amide bonds. The Balaban J connectivity index is 2.04. The Morgan fingerprint density at radius 2 is 2.10 bits per heavy atom. The molecule has 1 fully saturated rings. The predicted octanol–water partition coefficient (Wildman–Crippen LogP) is 2.33. The number of carbonyl (C=O) groups is 1. The van der Waals surface area contributed by atoms with Crippen molar-refractivity contribution in [2.45, 2.75) is 12.5 Å². The first kappa shape index (κ1) is 14.7. The second-order valence-electron chi connectivity index (χ2n) is 5.07. The van der Waals surface area contributed by atoms with Gasteiger partial charge in [0.2, 0.25) is 0 Å². The van der Waals surface area contributed by atoms with Crippen LogP contribution in [0, 0.1) is 3.57 Å². The van der Waals surface area contributed by atoms with Crippen molar-refractivity contribution in [3.8, 4) is 11.3 Å². The first-order valence-electron chi connectivity index (χ1n) is 6.50. The standard InChI is InChI=1S/C14H13IN2O3S/c15-13-4-2-1-3-12(13)14-10(8-18)7-17(16-14)11-5-6-21(19,20)9-11/h1-4,7-8,11H,5-6,9H2. The van der Waals surface area contributed by atoms with Gasteiger partial charge in [0.05, 0.1) is 23.1 Å². The number of carbonyl (C=O) groups excluding carboxylic acids is 1. The third-order valence-corrected chi connectivity index (χ3v) is 6.29. The van der Waals surface area contributed by atoms with Crippen LogP contribution in [-0.2, 0) is 9.84 Å². The number of sulfone groups is 1. The summed E-state index contributed by atoms with van der Waals surface area (Å²) >= 11 is 2.20. The number of hydrogen-bond acceptors (Lipinski definition) is 4. The maximum atomic E-state index is 11.6. The van der Waals surface area contributed by atoms with Crippen LogP contribution in [0.3, 0.4) is 0 Å². The zero-order valence-electron chi connectivity index (χ0n) is 11.1. The fourth-order valence-electron chi connectivity index (χ4n) is 2.53. The maximum absolute atomic E-state index is 11.6. The van der Waals surface area contributed by atoms with Gasteiger partial charge in [-0.2, -0.15) is 5.10 Å². The van der Waals surface area contributed by atoms with Gasteiger partial charge in [0.1, 0.15) is 5.69 Å². The number of benzene rings is 1. The molecule has 5 nitrogen and oxygen atoms in total. The molecule has 0 N–H and O–H groups in total. The van der Waals surface area contributed by atoms with Gasteiger partial charge in [-0.25, -0.2) is 8.42 Å². The monoisotopic (exact) mass is 416 g/mol. The Hall–Kier alpha value is -1.22. The highest BCUT2D eigenvalue weighted by molar-refractivity contribution is 14.1. The molecule has 3 rings (SSSR count). The summed E-state index contributed by atoms with van der Waals surface area (Å²) in [7, 11) is -2.98. The van der Waals surface area contributed by atoms with Crippen LogP contribution in [0.1, 0.15) is 22.8 Å². The van der Waals surface area contributed by atoms with Crippen LogP contribution in [0.5, 0.6) is 0 Å². The van der Waals surface area contributed by atoms with E-state index in [1.807, 2.05) is 24.3 Å². The average Bonchev–Trinajstić information content (AvgIpc) is 3.02. The highest BCUT2D eigenvalue weighted by Crippen LogP contribution is 2.29. The lowest BCUT2D eigenvalue weighted by Gasteiger charge is -2.07. The number of hydrogen-bond donors (Lipinski definition) is 0. The van der Waals surface area contributed by atoms with Gasteiger partial charge in [-0.05, 0) is 35.1 Å². The van der Waals surface area contributed by atoms with Crippen molar-refractivity contribution in [3.05, 3.63) is 39.6 Å². The summed E-state index contributed by atoms with van der Waals surface area (Å²) in [4.78, 5) is 11.3. The van der Waals surface area contributed by atoms with E-state index in [1.165, 1.54) is 0 Å². The lowest BCUT2D eigenvalue weighted by Crippen LogP contribution is -2.11. The van der Waals surface area contributed by atoms with E-state index in [0.717, 1.165) is 15.4 Å². The lowest BCUT2D eigenvalue weighted by molar-refractivity contribution is 0.112. The molecule has 0 saturated carbocycles. The van der Waals surface area contributed by atoms with Gasteiger partial charge >= 0.3 is 0 Å². The zero-order chi connectivity index (χ0) is 15.0. The quantitative estimate of drug-likeness (QED) is 0.569. The van der Waals surface area contributed by atoms with Crippen molar-refractivity contribution < 1.29 is 13.2 Å². The number of aromatic nitrogens is 2. The third kappa shape index (κ3) is 2.89. The minimum Gasteiger partial charge on any atom is -0.298 e. The largest absolute Gasteiger partial charge is 0.298 e. The molecule has 1 atom stereocenters. The van der Waals surface area contributed by atoms with Gasteiger partial charge in [0.25, 0.3) is 0 Å². The van der Waals surface area contributed by atoms with Gasteiger partial charge in [-0.1, -0.05) is 18.2 Å². The van der Waals surface area contributed by atoms with E-state index < -0.39 is 9.84 Å². The van der Waals surface area contributed by atoms with Crippen molar-refractivity contribution in [2.24, 2.45) is 0 Å². The minimum atomic E-state index is -2.98. The van der Waals surface area contributed by atoms with E-state index in [0.29, 0.717) is 17.7 Å². The summed E-state index contributed by atoms with van der Waals surface area (Å²) in [5.74, 6) is 0.282. The van der Waals surface area contributed by atoms with E-state index in [-0.39, 0.29) is 17.5 Å². The van der Waals surface area contributed by atoms with Crippen molar-refractivity contribution in [3.63, 3.8) is 0 Å². The van der Waals surface area contributed by atoms with Crippen molar-refractivity contribution in [2.75, 3.05) is 11.5 Å². The van der Waals surface area contributed by atoms with Crippen LogP contribution in [0.2, 0.25) is 0 Å². The van der Waals surface area contributed by atoms with Crippen LogP contribution in [-0.4, -0.2) is 36.0 Å². The summed E-state index contributed by atoms with van der Waals surface area (Å²) in [5.41, 5.74) is 1.99. The Kier molecular flexibility index (Phi) is 3.87. The fraction of sp³-hybridized carbons (Fsp3) is 0.286. The Morgan fingerprint density at radius 1 is 1.33 bits per heavy atom. The summed E-state index contributed by atoms with van der Waals surface area (Å²) in [6.45, 7) is 0.